The highest BCUT2D eigenvalue weighted by Gasteiger charge is 2.25. The van der Waals surface area contributed by atoms with E-state index in [1.165, 1.54) is 0 Å². The van der Waals surface area contributed by atoms with Gasteiger partial charge in [0.2, 0.25) is 5.91 Å². The van der Waals surface area contributed by atoms with Crippen molar-refractivity contribution in [3.05, 3.63) is 30.3 Å². The van der Waals surface area contributed by atoms with Gasteiger partial charge in [0.1, 0.15) is 18.5 Å². The van der Waals surface area contributed by atoms with Crippen molar-refractivity contribution < 1.29 is 14.6 Å². The van der Waals surface area contributed by atoms with Crippen LogP contribution in [-0.4, -0.2) is 79.8 Å². The molecular formula is C18H31Cl2N3O3. The summed E-state index contributed by atoms with van der Waals surface area (Å²) in [6.45, 7) is 6.53. The molecule has 0 saturated carbocycles. The fourth-order valence-electron chi connectivity index (χ4n) is 2.92. The number of aliphatic hydroxyl groups excluding tert-OH is 1. The standard InChI is InChI=1S/C18H29N3O3.2ClH/c1-15(12-19-2)18(23)21-10-8-20(9-11-21)13-16(22)14-24-17-6-4-3-5-7-17;;/h3-7,15-16,19,22H,8-14H2,1-2H3;2*1H. The number of ether oxygens (including phenoxy) is 1. The maximum Gasteiger partial charge on any atom is 0.226 e. The van der Waals surface area contributed by atoms with Crippen molar-refractivity contribution in [1.82, 2.24) is 15.1 Å². The molecule has 150 valence electrons. The van der Waals surface area contributed by atoms with Gasteiger partial charge in [-0.3, -0.25) is 9.69 Å². The SMILES string of the molecule is CNCC(C)C(=O)N1CCN(CC(O)COc2ccccc2)CC1.Cl.Cl. The van der Waals surface area contributed by atoms with E-state index in [0.29, 0.717) is 13.1 Å². The summed E-state index contributed by atoms with van der Waals surface area (Å²) in [6, 6.07) is 9.51. The van der Waals surface area contributed by atoms with Crippen molar-refractivity contribution in [2.45, 2.75) is 13.0 Å². The van der Waals surface area contributed by atoms with Crippen LogP contribution in [0.1, 0.15) is 6.92 Å². The van der Waals surface area contributed by atoms with Gasteiger partial charge in [-0.2, -0.15) is 0 Å². The lowest BCUT2D eigenvalue weighted by atomic mass is 10.1. The number of carbonyl (C=O) groups excluding carboxylic acids is 1. The summed E-state index contributed by atoms with van der Waals surface area (Å²) >= 11 is 0. The number of β-amino-alcohol motifs (C(OH)–C–C–N with tert-alkyl or cyclic N) is 1. The van der Waals surface area contributed by atoms with Crippen LogP contribution in [0.25, 0.3) is 0 Å². The fourth-order valence-corrected chi connectivity index (χ4v) is 2.92. The lowest BCUT2D eigenvalue weighted by molar-refractivity contribution is -0.136. The Morgan fingerprint density at radius 1 is 1.19 bits per heavy atom. The number of hydrogen-bond acceptors (Lipinski definition) is 5. The molecule has 6 nitrogen and oxygen atoms in total. The van der Waals surface area contributed by atoms with Gasteiger partial charge in [-0.1, -0.05) is 25.1 Å². The van der Waals surface area contributed by atoms with E-state index in [9.17, 15) is 9.90 Å². The highest BCUT2D eigenvalue weighted by atomic mass is 35.5. The number of nitrogens with zero attached hydrogens (tertiary/aromatic N) is 2. The van der Waals surface area contributed by atoms with Gasteiger partial charge in [-0.05, 0) is 19.2 Å². The Morgan fingerprint density at radius 2 is 1.81 bits per heavy atom. The van der Waals surface area contributed by atoms with E-state index < -0.39 is 6.10 Å². The largest absolute Gasteiger partial charge is 0.491 e. The van der Waals surface area contributed by atoms with Gasteiger partial charge in [0.15, 0.2) is 0 Å². The maximum atomic E-state index is 12.3. The van der Waals surface area contributed by atoms with Crippen LogP contribution in [0.5, 0.6) is 5.75 Å². The second-order valence-electron chi connectivity index (χ2n) is 6.36. The minimum atomic E-state index is -0.532. The Bertz CT molecular complexity index is 500. The van der Waals surface area contributed by atoms with Crippen LogP contribution in [0.15, 0.2) is 30.3 Å². The number of hydrogen-bond donors (Lipinski definition) is 2. The van der Waals surface area contributed by atoms with E-state index in [4.69, 9.17) is 4.74 Å². The summed E-state index contributed by atoms with van der Waals surface area (Å²) in [4.78, 5) is 16.4. The zero-order valence-corrected chi connectivity index (χ0v) is 17.1. The second kappa shape index (κ2) is 13.2. The summed E-state index contributed by atoms with van der Waals surface area (Å²) in [5, 5.41) is 13.2. The topological polar surface area (TPSA) is 65.0 Å². The van der Waals surface area contributed by atoms with Gasteiger partial charge >= 0.3 is 0 Å². The average molecular weight is 408 g/mol. The number of rotatable bonds is 8. The number of aliphatic hydroxyl groups is 1. The number of para-hydroxylation sites is 1. The molecule has 8 heteroatoms. The van der Waals surface area contributed by atoms with Gasteiger partial charge in [-0.25, -0.2) is 0 Å². The molecule has 0 aromatic heterocycles. The molecule has 2 N–H and O–H groups in total. The quantitative estimate of drug-likeness (QED) is 0.679. The van der Waals surface area contributed by atoms with Crippen molar-refractivity contribution in [3.63, 3.8) is 0 Å². The Balaban J connectivity index is 0.00000312. The molecule has 0 spiro atoms. The first kappa shape index (κ1) is 24.9. The highest BCUT2D eigenvalue weighted by Crippen LogP contribution is 2.10. The van der Waals surface area contributed by atoms with Gasteiger partial charge in [0.05, 0.1) is 0 Å². The van der Waals surface area contributed by atoms with Crippen LogP contribution >= 0.6 is 24.8 Å². The molecule has 2 unspecified atom stereocenters. The summed E-state index contributed by atoms with van der Waals surface area (Å²) in [7, 11) is 1.86. The van der Waals surface area contributed by atoms with E-state index >= 15 is 0 Å². The third kappa shape index (κ3) is 8.10. The first-order valence-electron chi connectivity index (χ1n) is 8.61. The lowest BCUT2D eigenvalue weighted by Gasteiger charge is -2.36. The number of amides is 1. The molecule has 1 amide bonds. The summed E-state index contributed by atoms with van der Waals surface area (Å²) in [5.74, 6) is 0.980. The molecule has 26 heavy (non-hydrogen) atoms. The molecule has 1 fully saturated rings. The number of halogens is 2. The zero-order valence-electron chi connectivity index (χ0n) is 15.5. The molecule has 2 atom stereocenters. The molecule has 1 aliphatic heterocycles. The normalized spacial score (nSPS) is 16.8. The maximum absolute atomic E-state index is 12.3. The van der Waals surface area contributed by atoms with E-state index in [2.05, 4.69) is 10.2 Å². The van der Waals surface area contributed by atoms with Crippen LogP contribution in [0.2, 0.25) is 0 Å². The minimum absolute atomic E-state index is 0. The Labute approximate surface area is 168 Å². The molecule has 0 aliphatic carbocycles. The zero-order chi connectivity index (χ0) is 17.4. The highest BCUT2D eigenvalue weighted by molar-refractivity contribution is 5.85. The van der Waals surface area contributed by atoms with E-state index in [1.54, 1.807) is 0 Å². The number of nitrogens with one attached hydrogen (secondary N) is 1. The Kier molecular flexibility index (Phi) is 12.6. The van der Waals surface area contributed by atoms with Crippen molar-refractivity contribution in [1.29, 1.82) is 0 Å². The Hall–Kier alpha value is -1.05. The smallest absolute Gasteiger partial charge is 0.226 e. The van der Waals surface area contributed by atoms with Gasteiger partial charge < -0.3 is 20.1 Å². The average Bonchev–Trinajstić information content (AvgIpc) is 2.61. The molecular weight excluding hydrogens is 377 g/mol. The van der Waals surface area contributed by atoms with Crippen LogP contribution in [0.3, 0.4) is 0 Å². The van der Waals surface area contributed by atoms with Crippen LogP contribution in [0, 0.1) is 5.92 Å². The van der Waals surface area contributed by atoms with Crippen molar-refractivity contribution in [3.8, 4) is 5.75 Å². The number of piperazine rings is 1. The third-order valence-electron chi connectivity index (χ3n) is 4.27. The molecule has 0 radical (unpaired) electrons. The number of carbonyl (C=O) groups is 1. The molecule has 1 aliphatic rings. The van der Waals surface area contributed by atoms with Gasteiger partial charge in [-0.15, -0.1) is 24.8 Å². The van der Waals surface area contributed by atoms with E-state index in [1.807, 2.05) is 49.2 Å². The van der Waals surface area contributed by atoms with E-state index in [0.717, 1.165) is 31.9 Å². The van der Waals surface area contributed by atoms with E-state index in [-0.39, 0.29) is 43.2 Å². The Morgan fingerprint density at radius 3 is 2.38 bits per heavy atom. The second-order valence-corrected chi connectivity index (χ2v) is 6.36. The predicted molar refractivity (Wildman–Crippen MR) is 109 cm³/mol. The first-order chi connectivity index (χ1) is 11.6. The van der Waals surface area contributed by atoms with Crippen LogP contribution in [-0.2, 0) is 4.79 Å². The fraction of sp³-hybridized carbons (Fsp3) is 0.611. The molecule has 1 aromatic carbocycles. The van der Waals surface area contributed by atoms with Crippen molar-refractivity contribution >= 4 is 30.7 Å². The minimum Gasteiger partial charge on any atom is -0.491 e. The molecule has 0 bridgehead atoms. The van der Waals surface area contributed by atoms with Gasteiger partial charge in [0.25, 0.3) is 0 Å². The molecule has 1 heterocycles. The van der Waals surface area contributed by atoms with Crippen LogP contribution in [0.4, 0.5) is 0 Å². The predicted octanol–water partition coefficient (Wildman–Crippen LogP) is 1.27. The van der Waals surface area contributed by atoms with Crippen molar-refractivity contribution in [2.75, 3.05) is 52.9 Å². The lowest BCUT2D eigenvalue weighted by Crippen LogP contribution is -2.52. The molecule has 2 rings (SSSR count). The number of benzene rings is 1. The van der Waals surface area contributed by atoms with Crippen LogP contribution < -0.4 is 10.1 Å². The molecule has 1 saturated heterocycles. The summed E-state index contributed by atoms with van der Waals surface area (Å²) < 4.78 is 5.58. The first-order valence-corrected chi connectivity index (χ1v) is 8.61. The van der Waals surface area contributed by atoms with Gasteiger partial charge in [0, 0.05) is 45.2 Å². The third-order valence-corrected chi connectivity index (χ3v) is 4.27. The van der Waals surface area contributed by atoms with Crippen molar-refractivity contribution in [2.24, 2.45) is 5.92 Å². The summed E-state index contributed by atoms with van der Waals surface area (Å²) in [5.41, 5.74) is 0. The summed E-state index contributed by atoms with van der Waals surface area (Å²) in [6.07, 6.45) is -0.532. The molecule has 1 aromatic rings. The monoisotopic (exact) mass is 407 g/mol.